The fourth-order valence-electron chi connectivity index (χ4n) is 2.15. The van der Waals surface area contributed by atoms with Gasteiger partial charge < -0.3 is 10.3 Å². The third-order valence-corrected chi connectivity index (χ3v) is 3.52. The van der Waals surface area contributed by atoms with E-state index in [1.807, 2.05) is 0 Å². The van der Waals surface area contributed by atoms with Crippen molar-refractivity contribution < 1.29 is 18.0 Å². The number of amides is 1. The van der Waals surface area contributed by atoms with Crippen LogP contribution in [0.5, 0.6) is 0 Å². The van der Waals surface area contributed by atoms with Crippen molar-refractivity contribution in [1.29, 1.82) is 0 Å². The number of hydrogen-bond donors (Lipinski definition) is 2. The van der Waals surface area contributed by atoms with Gasteiger partial charge in [-0.25, -0.2) is 4.79 Å². The molecule has 2 aromatic rings. The van der Waals surface area contributed by atoms with Gasteiger partial charge >= 0.3 is 11.9 Å². The van der Waals surface area contributed by atoms with Gasteiger partial charge in [-0.15, -0.1) is 0 Å². The second kappa shape index (κ2) is 6.31. The highest BCUT2D eigenvalue weighted by Crippen LogP contribution is 2.30. The molecule has 1 amide bonds. The number of rotatable bonds is 4. The lowest BCUT2D eigenvalue weighted by atomic mass is 10.2. The van der Waals surface area contributed by atoms with Crippen molar-refractivity contribution in [2.75, 3.05) is 5.32 Å². The van der Waals surface area contributed by atoms with Gasteiger partial charge in [-0.3, -0.25) is 9.36 Å². The van der Waals surface area contributed by atoms with E-state index in [1.54, 1.807) is 13.8 Å². The lowest BCUT2D eigenvalue weighted by Crippen LogP contribution is -2.22. The summed E-state index contributed by atoms with van der Waals surface area (Å²) in [6.07, 6.45) is -4.48. The minimum absolute atomic E-state index is 0.0196. The van der Waals surface area contributed by atoms with Gasteiger partial charge in [-0.05, 0) is 32.0 Å². The third kappa shape index (κ3) is 4.02. The average molecular weight is 327 g/mol. The number of carbonyl (C=O) groups is 1. The van der Waals surface area contributed by atoms with Gasteiger partial charge in [0, 0.05) is 30.0 Å². The molecule has 0 radical (unpaired) electrons. The smallest absolute Gasteiger partial charge is 0.326 e. The number of aromatic amines is 1. The van der Waals surface area contributed by atoms with Crippen molar-refractivity contribution in [3.05, 3.63) is 51.7 Å². The van der Waals surface area contributed by atoms with Gasteiger partial charge in [0.25, 0.3) is 0 Å². The number of hydrogen-bond acceptors (Lipinski definition) is 2. The number of aryl methyl sites for hydroxylation is 1. The molecule has 0 aliphatic carbocycles. The first-order valence-electron chi connectivity index (χ1n) is 6.91. The Balaban J connectivity index is 2.02. The molecule has 0 aliphatic heterocycles. The predicted octanol–water partition coefficient (Wildman–Crippen LogP) is 2.84. The second-order valence-electron chi connectivity index (χ2n) is 5.17. The summed E-state index contributed by atoms with van der Waals surface area (Å²) >= 11 is 0. The molecule has 1 aromatic heterocycles. The first-order valence-corrected chi connectivity index (χ1v) is 6.91. The summed E-state index contributed by atoms with van der Waals surface area (Å²) in [4.78, 5) is 26.1. The number of nitrogens with one attached hydrogen (secondary N) is 2. The highest BCUT2D eigenvalue weighted by atomic mass is 19.4. The van der Waals surface area contributed by atoms with Crippen LogP contribution in [0.2, 0.25) is 0 Å². The standard InChI is InChI=1S/C15H16F3N3O2/c1-9-10(2)21(14(23)19-9)7-6-13(22)20-12-5-3-4-11(8-12)15(16,17)18/h3-5,8H,6-7H2,1-2H3,(H,19,23)(H,20,22). The molecule has 0 fully saturated rings. The normalized spacial score (nSPS) is 11.5. The molecule has 1 aromatic carbocycles. The van der Waals surface area contributed by atoms with Crippen LogP contribution in [-0.2, 0) is 17.5 Å². The molecule has 0 atom stereocenters. The number of benzene rings is 1. The zero-order valence-electron chi connectivity index (χ0n) is 12.6. The average Bonchev–Trinajstić information content (AvgIpc) is 2.69. The van der Waals surface area contributed by atoms with E-state index in [-0.39, 0.29) is 24.3 Å². The molecule has 2 N–H and O–H groups in total. The molecule has 0 spiro atoms. The second-order valence-corrected chi connectivity index (χ2v) is 5.17. The predicted molar refractivity (Wildman–Crippen MR) is 79.2 cm³/mol. The molecule has 0 unspecified atom stereocenters. The number of imidazole rings is 1. The van der Waals surface area contributed by atoms with Crippen LogP contribution in [-0.4, -0.2) is 15.5 Å². The minimum Gasteiger partial charge on any atom is -0.326 e. The molecule has 0 saturated heterocycles. The number of H-pyrrole nitrogens is 1. The maximum Gasteiger partial charge on any atom is 0.416 e. The van der Waals surface area contributed by atoms with Crippen LogP contribution < -0.4 is 11.0 Å². The fraction of sp³-hybridized carbons (Fsp3) is 0.333. The van der Waals surface area contributed by atoms with E-state index in [4.69, 9.17) is 0 Å². The zero-order valence-corrected chi connectivity index (χ0v) is 12.6. The lowest BCUT2D eigenvalue weighted by molar-refractivity contribution is -0.137. The Labute approximate surface area is 130 Å². The van der Waals surface area contributed by atoms with Crippen molar-refractivity contribution >= 4 is 11.6 Å². The molecule has 23 heavy (non-hydrogen) atoms. The molecular formula is C15H16F3N3O2. The number of anilines is 1. The summed E-state index contributed by atoms with van der Waals surface area (Å²) in [6.45, 7) is 3.65. The SMILES string of the molecule is Cc1[nH]c(=O)n(CCC(=O)Nc2cccc(C(F)(F)F)c2)c1C. The number of aromatic nitrogens is 2. The molecule has 8 heteroatoms. The Bertz CT molecular complexity index is 775. The van der Waals surface area contributed by atoms with Gasteiger partial charge in [0.05, 0.1) is 5.56 Å². The monoisotopic (exact) mass is 327 g/mol. The van der Waals surface area contributed by atoms with Gasteiger partial charge in [-0.1, -0.05) is 6.07 Å². The molecule has 2 rings (SSSR count). The highest BCUT2D eigenvalue weighted by molar-refractivity contribution is 5.90. The lowest BCUT2D eigenvalue weighted by Gasteiger charge is -2.10. The van der Waals surface area contributed by atoms with Crippen LogP contribution >= 0.6 is 0 Å². The van der Waals surface area contributed by atoms with E-state index in [1.165, 1.54) is 16.7 Å². The van der Waals surface area contributed by atoms with E-state index in [2.05, 4.69) is 10.3 Å². The fourth-order valence-corrected chi connectivity index (χ4v) is 2.15. The summed E-state index contributed by atoms with van der Waals surface area (Å²) in [5.41, 5.74) is 0.366. The molecule has 1 heterocycles. The van der Waals surface area contributed by atoms with Gasteiger partial charge in [0.15, 0.2) is 0 Å². The topological polar surface area (TPSA) is 66.9 Å². The van der Waals surface area contributed by atoms with Gasteiger partial charge in [0.1, 0.15) is 0 Å². The molecule has 0 saturated carbocycles. The summed E-state index contributed by atoms with van der Waals surface area (Å²) in [5.74, 6) is -0.463. The Morgan fingerprint density at radius 2 is 2.00 bits per heavy atom. The number of halogens is 3. The summed E-state index contributed by atoms with van der Waals surface area (Å²) in [5, 5.41) is 2.41. The number of carbonyl (C=O) groups excluding carboxylic acids is 1. The summed E-state index contributed by atoms with van der Waals surface area (Å²) in [6, 6.07) is 4.41. The van der Waals surface area contributed by atoms with Crippen molar-refractivity contribution in [3.8, 4) is 0 Å². The zero-order chi connectivity index (χ0) is 17.2. The Morgan fingerprint density at radius 3 is 2.57 bits per heavy atom. The first kappa shape index (κ1) is 16.9. The van der Waals surface area contributed by atoms with Crippen LogP contribution in [0.3, 0.4) is 0 Å². The van der Waals surface area contributed by atoms with E-state index in [0.29, 0.717) is 5.69 Å². The van der Waals surface area contributed by atoms with E-state index >= 15 is 0 Å². The van der Waals surface area contributed by atoms with Gasteiger partial charge in [0.2, 0.25) is 5.91 Å². The number of alkyl halides is 3. The van der Waals surface area contributed by atoms with Crippen molar-refractivity contribution in [3.63, 3.8) is 0 Å². The van der Waals surface area contributed by atoms with Gasteiger partial charge in [-0.2, -0.15) is 13.2 Å². The molecular weight excluding hydrogens is 311 g/mol. The van der Waals surface area contributed by atoms with E-state index < -0.39 is 17.6 Å². The molecule has 5 nitrogen and oxygen atoms in total. The van der Waals surface area contributed by atoms with E-state index in [0.717, 1.165) is 17.8 Å². The highest BCUT2D eigenvalue weighted by Gasteiger charge is 2.30. The van der Waals surface area contributed by atoms with Crippen LogP contribution in [0.15, 0.2) is 29.1 Å². The maximum atomic E-state index is 12.6. The van der Waals surface area contributed by atoms with Crippen molar-refractivity contribution in [2.24, 2.45) is 0 Å². The Kier molecular flexibility index (Phi) is 4.63. The van der Waals surface area contributed by atoms with Crippen LogP contribution in [0.25, 0.3) is 0 Å². The molecule has 0 bridgehead atoms. The van der Waals surface area contributed by atoms with E-state index in [9.17, 15) is 22.8 Å². The van der Waals surface area contributed by atoms with Crippen LogP contribution in [0.4, 0.5) is 18.9 Å². The Hall–Kier alpha value is -2.51. The van der Waals surface area contributed by atoms with Crippen LogP contribution in [0.1, 0.15) is 23.4 Å². The molecule has 124 valence electrons. The third-order valence-electron chi connectivity index (χ3n) is 3.52. The first-order chi connectivity index (χ1) is 10.7. The van der Waals surface area contributed by atoms with Crippen molar-refractivity contribution in [1.82, 2.24) is 9.55 Å². The Morgan fingerprint density at radius 1 is 1.30 bits per heavy atom. The minimum atomic E-state index is -4.46. The molecule has 0 aliphatic rings. The quantitative estimate of drug-likeness (QED) is 0.907. The maximum absolute atomic E-state index is 12.6. The van der Waals surface area contributed by atoms with Crippen LogP contribution in [0, 0.1) is 13.8 Å². The summed E-state index contributed by atoms with van der Waals surface area (Å²) in [7, 11) is 0. The van der Waals surface area contributed by atoms with Crippen molar-refractivity contribution in [2.45, 2.75) is 33.0 Å². The number of nitrogens with zero attached hydrogens (tertiary/aromatic N) is 1. The summed E-state index contributed by atoms with van der Waals surface area (Å²) < 4.78 is 39.3. The largest absolute Gasteiger partial charge is 0.416 e.